The zero-order valence-electron chi connectivity index (χ0n) is 21.1. The van der Waals surface area contributed by atoms with Crippen LogP contribution in [0.2, 0.25) is 0 Å². The Morgan fingerprint density at radius 3 is 0.0833 bits per heavy atom. The predicted molar refractivity (Wildman–Crippen MR) is 6.41 cm³/mol. The zero-order valence-corrected chi connectivity index (χ0v) is 119. The van der Waals surface area contributed by atoms with Crippen LogP contribution in [-0.4, -0.2) is 0 Å². The summed E-state index contributed by atoms with van der Waals surface area (Å²) in [6, 6.07) is 0. The van der Waals surface area contributed by atoms with Gasteiger partial charge in [0.25, 0.3) is 0 Å². The average molecular weight is 3090 g/mol. The van der Waals surface area contributed by atoms with Gasteiger partial charge in [-0.1, -0.05) is 0 Å². The molecule has 0 aliphatic carbocycles. The molecule has 0 unspecified atom stereocenters. The van der Waals surface area contributed by atoms with E-state index in [9.17, 15) is 0 Å². The van der Waals surface area contributed by atoms with Gasteiger partial charge < -0.3 is 7.43 Å². The van der Waals surface area contributed by atoms with Gasteiger partial charge in [-0.2, -0.15) is 0 Å². The van der Waals surface area contributed by atoms with Crippen LogP contribution in [0, 0.1) is 7.43 Å². The minimum atomic E-state index is 0. The van der Waals surface area contributed by atoms with Crippen LogP contribution in [0.1, 0.15) is 0 Å². The molecular formula is CH3VY34-. The number of hydrogen-bond acceptors (Lipinski definition) is 0. The van der Waals surface area contributed by atoms with Gasteiger partial charge in [0.15, 0.2) is 0 Å². The standard InChI is InChI=1S/CH3.V.34Y/h1H3;;;;;;;;;;;;;;;;;;;;;;;;;;;;;;;;;;;/q-1;;;;;;;;;;;;;;;;;;;;;;;;;;;;;;;;;;;. The van der Waals surface area contributed by atoms with E-state index in [1.54, 1.807) is 0 Å². The second-order valence-electron chi connectivity index (χ2n) is 0. The molecule has 0 spiro atoms. The normalized spacial score (nSPS) is 0. The van der Waals surface area contributed by atoms with E-state index in [1.165, 1.54) is 0 Å². The van der Waals surface area contributed by atoms with Crippen LogP contribution in [0.3, 0.4) is 0 Å². The molecule has 36 heavy (non-hydrogen) atoms. The Labute approximate surface area is 1090 Å². The molecule has 0 aliphatic rings. The molecule has 0 aromatic carbocycles. The van der Waals surface area contributed by atoms with Crippen LogP contribution < -0.4 is 0 Å². The van der Waals surface area contributed by atoms with Crippen molar-refractivity contribution in [3.05, 3.63) is 7.43 Å². The van der Waals surface area contributed by atoms with E-state index in [2.05, 4.69) is 0 Å². The molecule has 0 rings (SSSR count). The summed E-state index contributed by atoms with van der Waals surface area (Å²) in [5.74, 6) is 0. The molecule has 115 valence electrons. The second-order valence-corrected chi connectivity index (χ2v) is 0. The second kappa shape index (κ2) is 262. The first kappa shape index (κ1) is 273. The Morgan fingerprint density at radius 1 is 0.0833 bits per heavy atom. The Kier molecular flexibility index (Phi) is 1980. The summed E-state index contributed by atoms with van der Waals surface area (Å²) in [6.07, 6.45) is 0. The Balaban J connectivity index is 0. The van der Waals surface area contributed by atoms with Crippen LogP contribution in [0.25, 0.3) is 0 Å². The van der Waals surface area contributed by atoms with Gasteiger partial charge in [-0.3, -0.25) is 0 Å². The summed E-state index contributed by atoms with van der Waals surface area (Å²) in [6.45, 7) is 0. The van der Waals surface area contributed by atoms with Crippen molar-refractivity contribution in [2.45, 2.75) is 0 Å². The summed E-state index contributed by atoms with van der Waals surface area (Å²) in [5, 5.41) is 0. The molecular weight excluding hydrogens is 3090 g/mol. The fraction of sp³-hybridized carbons (Fsp3) is 0. The van der Waals surface area contributed by atoms with Gasteiger partial charge in [-0.05, 0) is 0 Å². The van der Waals surface area contributed by atoms with Crippen molar-refractivity contribution in [2.24, 2.45) is 0 Å². The van der Waals surface area contributed by atoms with Crippen LogP contribution in [0.4, 0.5) is 0 Å². The van der Waals surface area contributed by atoms with Crippen molar-refractivity contribution in [3.63, 3.8) is 0 Å². The molecule has 35 radical (unpaired) electrons. The largest absolute Gasteiger partial charge is 0.358 e. The Morgan fingerprint density at radius 2 is 0.0833 bits per heavy atom. The number of hydrogen-bond donors (Lipinski definition) is 0. The zero-order chi connectivity index (χ0) is 0. The maximum Gasteiger partial charge on any atom is 0 e. The van der Waals surface area contributed by atoms with Gasteiger partial charge in [0.05, 0.1) is 0 Å². The van der Waals surface area contributed by atoms with E-state index in [1.807, 2.05) is 0 Å². The third-order valence-corrected chi connectivity index (χ3v) is 0. The van der Waals surface area contributed by atoms with Crippen molar-refractivity contribution in [1.29, 1.82) is 0 Å². The SMILES string of the molecule is [CH3-].[V].[Y].[Y].[Y].[Y].[Y].[Y].[Y].[Y].[Y].[Y].[Y].[Y].[Y].[Y].[Y].[Y].[Y].[Y].[Y].[Y].[Y].[Y].[Y].[Y].[Y].[Y].[Y].[Y].[Y].[Y].[Y].[Y].[Y].[Y]. The molecule has 0 bridgehead atoms. The summed E-state index contributed by atoms with van der Waals surface area (Å²) in [4.78, 5) is 0. The quantitative estimate of drug-likeness (QED) is 0.308. The first-order valence-corrected chi connectivity index (χ1v) is 0. The van der Waals surface area contributed by atoms with E-state index >= 15 is 0 Å². The summed E-state index contributed by atoms with van der Waals surface area (Å²) in [5.41, 5.74) is 0. The first-order chi connectivity index (χ1) is 0. The molecule has 0 amide bonds. The first-order valence-electron chi connectivity index (χ1n) is 0. The molecule has 0 aromatic heterocycles. The molecule has 0 aliphatic heterocycles. The average Bonchev–Trinajstić information content (AvgIpc) is 0. The Hall–Kier alpha value is 38.1. The molecule has 0 atom stereocenters. The summed E-state index contributed by atoms with van der Waals surface area (Å²) < 4.78 is 0. The van der Waals surface area contributed by atoms with E-state index in [4.69, 9.17) is 0 Å². The van der Waals surface area contributed by atoms with Crippen LogP contribution in [0.15, 0.2) is 0 Å². The molecule has 0 fully saturated rings. The van der Waals surface area contributed by atoms with Gasteiger partial charge in [-0.15, -0.1) is 0 Å². The maximum absolute atomic E-state index is 0. The van der Waals surface area contributed by atoms with Crippen molar-refractivity contribution < 1.29 is 1130 Å². The molecule has 0 heterocycles. The van der Waals surface area contributed by atoms with Gasteiger partial charge in [0, 0.05) is 1130 Å². The van der Waals surface area contributed by atoms with E-state index < -0.39 is 0 Å². The van der Waals surface area contributed by atoms with Crippen molar-refractivity contribution in [3.8, 4) is 0 Å². The minimum Gasteiger partial charge on any atom is -0.358 e. The van der Waals surface area contributed by atoms with Gasteiger partial charge in [0.2, 0.25) is 0 Å². The van der Waals surface area contributed by atoms with E-state index in [-0.39, 0.29) is 1140 Å². The summed E-state index contributed by atoms with van der Waals surface area (Å²) in [7, 11) is 0. The monoisotopic (exact) mass is 3090 g/mol. The maximum atomic E-state index is 0. The summed E-state index contributed by atoms with van der Waals surface area (Å²) >= 11 is 0. The molecule has 0 saturated carbocycles. The molecule has 35 heteroatoms. The smallest absolute Gasteiger partial charge is 0 e. The predicted octanol–water partition coefficient (Wildman–Crippen LogP) is 0.363. The number of rotatable bonds is 0. The fourth-order valence-electron chi connectivity index (χ4n) is 0. The van der Waals surface area contributed by atoms with Gasteiger partial charge >= 0.3 is 0 Å². The fourth-order valence-corrected chi connectivity index (χ4v) is 0. The van der Waals surface area contributed by atoms with Gasteiger partial charge in [0.1, 0.15) is 0 Å². The third-order valence-electron chi connectivity index (χ3n) is 0. The topological polar surface area (TPSA) is 0 Å². The Bertz CT molecular complexity index is 13.1. The van der Waals surface area contributed by atoms with E-state index in [0.29, 0.717) is 0 Å². The van der Waals surface area contributed by atoms with Crippen LogP contribution in [-0.2, 0) is 1130 Å². The van der Waals surface area contributed by atoms with E-state index in [0.717, 1.165) is 0 Å². The van der Waals surface area contributed by atoms with Crippen molar-refractivity contribution in [1.82, 2.24) is 0 Å². The van der Waals surface area contributed by atoms with Gasteiger partial charge in [-0.25, -0.2) is 0 Å². The minimum absolute atomic E-state index is 0. The van der Waals surface area contributed by atoms with Crippen LogP contribution in [0.5, 0.6) is 0 Å². The molecule has 0 N–H and O–H groups in total. The molecule has 0 aromatic rings. The van der Waals surface area contributed by atoms with Crippen LogP contribution >= 0.6 is 0 Å². The third kappa shape index (κ3) is 251. The molecule has 0 saturated heterocycles. The van der Waals surface area contributed by atoms with Crippen molar-refractivity contribution >= 4 is 0 Å². The molecule has 0 nitrogen and oxygen atoms in total. The van der Waals surface area contributed by atoms with Crippen molar-refractivity contribution in [2.75, 3.05) is 0 Å².